The summed E-state index contributed by atoms with van der Waals surface area (Å²) in [5.74, 6) is 1.22. The zero-order valence-corrected chi connectivity index (χ0v) is 15.6. The summed E-state index contributed by atoms with van der Waals surface area (Å²) in [6, 6.07) is 18.6. The summed E-state index contributed by atoms with van der Waals surface area (Å²) >= 11 is 0. The van der Waals surface area contributed by atoms with Crippen LogP contribution >= 0.6 is 0 Å². The molecule has 0 atom stereocenters. The number of carbonyl (C=O) groups is 1. The van der Waals surface area contributed by atoms with Crippen molar-refractivity contribution in [3.8, 4) is 17.2 Å². The van der Waals surface area contributed by atoms with Crippen molar-refractivity contribution in [3.63, 3.8) is 0 Å². The van der Waals surface area contributed by atoms with Crippen molar-refractivity contribution in [2.24, 2.45) is 0 Å². The van der Waals surface area contributed by atoms with Crippen LogP contribution in [0, 0.1) is 0 Å². The quantitative estimate of drug-likeness (QED) is 0.424. The Morgan fingerprint density at radius 3 is 2.43 bits per heavy atom. The molecule has 2 aromatic carbocycles. The summed E-state index contributed by atoms with van der Waals surface area (Å²) in [7, 11) is 1.54. The molecule has 1 aromatic heterocycles. The van der Waals surface area contributed by atoms with Crippen LogP contribution in [-0.2, 0) is 4.79 Å². The molecule has 0 aliphatic carbocycles. The minimum atomic E-state index is -0.380. The van der Waals surface area contributed by atoms with E-state index >= 15 is 0 Å². The number of nitrogens with zero attached hydrogens (tertiary/aromatic N) is 1. The average Bonchev–Trinajstić information content (AvgIpc) is 2.74. The molecule has 142 valence electrons. The predicted molar refractivity (Wildman–Crippen MR) is 108 cm³/mol. The van der Waals surface area contributed by atoms with Crippen molar-refractivity contribution < 1.29 is 19.0 Å². The number of rotatable bonds is 8. The van der Waals surface area contributed by atoms with E-state index < -0.39 is 0 Å². The summed E-state index contributed by atoms with van der Waals surface area (Å²) in [5, 5.41) is 0. The summed E-state index contributed by atoms with van der Waals surface area (Å²) < 4.78 is 16.3. The number of aromatic nitrogens is 1. The average molecular weight is 375 g/mol. The van der Waals surface area contributed by atoms with Crippen LogP contribution in [0.25, 0.3) is 12.2 Å². The Kier molecular flexibility index (Phi) is 6.79. The Hall–Kier alpha value is -3.60. The van der Waals surface area contributed by atoms with Crippen LogP contribution in [0.3, 0.4) is 0 Å². The van der Waals surface area contributed by atoms with E-state index in [1.807, 2.05) is 66.7 Å². The zero-order valence-electron chi connectivity index (χ0n) is 15.6. The Morgan fingerprint density at radius 2 is 1.68 bits per heavy atom. The van der Waals surface area contributed by atoms with Gasteiger partial charge in [0, 0.05) is 12.4 Å². The van der Waals surface area contributed by atoms with Gasteiger partial charge in [-0.2, -0.15) is 0 Å². The lowest BCUT2D eigenvalue weighted by atomic mass is 10.1. The van der Waals surface area contributed by atoms with Crippen LogP contribution in [0.4, 0.5) is 0 Å². The molecule has 0 aliphatic rings. The molecule has 0 fully saturated rings. The molecule has 3 rings (SSSR count). The first kappa shape index (κ1) is 19.2. The molecular weight excluding hydrogens is 354 g/mol. The molecular formula is C23H21NO4. The third kappa shape index (κ3) is 5.71. The Balaban J connectivity index is 1.57. The lowest BCUT2D eigenvalue weighted by Crippen LogP contribution is -2.13. The molecule has 5 nitrogen and oxygen atoms in total. The van der Waals surface area contributed by atoms with Crippen molar-refractivity contribution in [1.82, 2.24) is 4.98 Å². The van der Waals surface area contributed by atoms with Gasteiger partial charge in [0.05, 0.1) is 20.1 Å². The van der Waals surface area contributed by atoms with Gasteiger partial charge < -0.3 is 14.2 Å². The Labute approximate surface area is 164 Å². The minimum Gasteiger partial charge on any atom is -0.493 e. The van der Waals surface area contributed by atoms with E-state index in [9.17, 15) is 4.79 Å². The number of pyridine rings is 1. The second kappa shape index (κ2) is 9.92. The monoisotopic (exact) mass is 375 g/mol. The van der Waals surface area contributed by atoms with Crippen molar-refractivity contribution in [2.45, 2.75) is 6.42 Å². The summed E-state index contributed by atoms with van der Waals surface area (Å²) in [6.45, 7) is 0.248. The lowest BCUT2D eigenvalue weighted by Gasteiger charge is -2.10. The molecule has 0 radical (unpaired) electrons. The molecule has 0 bridgehead atoms. The van der Waals surface area contributed by atoms with Gasteiger partial charge in [-0.05, 0) is 47.5 Å². The van der Waals surface area contributed by atoms with Gasteiger partial charge in [-0.15, -0.1) is 0 Å². The van der Waals surface area contributed by atoms with Gasteiger partial charge in [0.25, 0.3) is 0 Å². The van der Waals surface area contributed by atoms with Crippen molar-refractivity contribution in [1.29, 1.82) is 0 Å². The number of esters is 1. The highest BCUT2D eigenvalue weighted by atomic mass is 16.6. The van der Waals surface area contributed by atoms with E-state index in [0.29, 0.717) is 11.5 Å². The molecule has 0 amide bonds. The predicted octanol–water partition coefficient (Wildman–Crippen LogP) is 4.64. The third-order valence-electron chi connectivity index (χ3n) is 3.90. The topological polar surface area (TPSA) is 57.7 Å². The molecule has 0 N–H and O–H groups in total. The summed E-state index contributed by atoms with van der Waals surface area (Å²) in [4.78, 5) is 16.1. The maximum Gasteiger partial charge on any atom is 0.314 e. The fourth-order valence-corrected chi connectivity index (χ4v) is 2.48. The summed E-state index contributed by atoms with van der Waals surface area (Å²) in [5.41, 5.74) is 1.98. The molecule has 3 aromatic rings. The first-order chi connectivity index (χ1) is 13.7. The lowest BCUT2D eigenvalue weighted by molar-refractivity contribution is -0.135. The summed E-state index contributed by atoms with van der Waals surface area (Å²) in [6.07, 6.45) is 7.55. The molecule has 0 aliphatic heterocycles. The largest absolute Gasteiger partial charge is 0.493 e. The van der Waals surface area contributed by atoms with Crippen LogP contribution in [0.15, 0.2) is 73.1 Å². The number of para-hydroxylation sites is 1. The smallest absolute Gasteiger partial charge is 0.314 e. The van der Waals surface area contributed by atoms with Crippen LogP contribution < -0.4 is 14.2 Å². The molecule has 28 heavy (non-hydrogen) atoms. The van der Waals surface area contributed by atoms with Crippen LogP contribution in [0.1, 0.15) is 17.5 Å². The second-order valence-corrected chi connectivity index (χ2v) is 5.91. The van der Waals surface area contributed by atoms with Gasteiger partial charge in [-0.1, -0.05) is 36.4 Å². The van der Waals surface area contributed by atoms with Crippen LogP contribution in [0.2, 0.25) is 0 Å². The highest BCUT2D eigenvalue weighted by molar-refractivity contribution is 5.75. The van der Waals surface area contributed by atoms with Crippen molar-refractivity contribution in [3.05, 3.63) is 84.2 Å². The number of carbonyl (C=O) groups excluding carboxylic acids is 1. The minimum absolute atomic E-state index is 0.141. The van der Waals surface area contributed by atoms with Gasteiger partial charge in [-0.3, -0.25) is 9.78 Å². The number of benzene rings is 2. The Bertz CT molecular complexity index is 924. The molecule has 5 heteroatoms. The number of methoxy groups -OCH3 is 1. The van der Waals surface area contributed by atoms with E-state index in [4.69, 9.17) is 14.2 Å². The number of hydrogen-bond donors (Lipinski definition) is 0. The highest BCUT2D eigenvalue weighted by Gasteiger charge is 2.11. The molecule has 1 heterocycles. The fourth-order valence-electron chi connectivity index (χ4n) is 2.48. The maximum atomic E-state index is 12.1. The van der Waals surface area contributed by atoms with Crippen molar-refractivity contribution >= 4 is 18.1 Å². The first-order valence-electron chi connectivity index (χ1n) is 8.89. The third-order valence-corrected chi connectivity index (χ3v) is 3.90. The second-order valence-electron chi connectivity index (χ2n) is 5.91. The SMILES string of the molecule is COc1cc(/C=C/c2ccncc2)ccc1OC(=O)CCOc1ccccc1. The Morgan fingerprint density at radius 1 is 0.929 bits per heavy atom. The van der Waals surface area contributed by atoms with Crippen molar-refractivity contribution in [2.75, 3.05) is 13.7 Å². The maximum absolute atomic E-state index is 12.1. The number of ether oxygens (including phenoxy) is 3. The van der Waals surface area contributed by atoms with Gasteiger partial charge in [0.2, 0.25) is 0 Å². The molecule has 0 unspecified atom stereocenters. The normalized spacial score (nSPS) is 10.6. The van der Waals surface area contributed by atoms with E-state index in [1.165, 1.54) is 0 Å². The van der Waals surface area contributed by atoms with Gasteiger partial charge in [0.1, 0.15) is 5.75 Å². The zero-order chi connectivity index (χ0) is 19.6. The standard InChI is InChI=1S/C23H21NO4/c1-26-22-17-19(8-7-18-11-14-24-15-12-18)9-10-21(22)28-23(25)13-16-27-20-5-3-2-4-6-20/h2-12,14-15,17H,13,16H2,1H3/b8-7+. The highest BCUT2D eigenvalue weighted by Crippen LogP contribution is 2.29. The van der Waals surface area contributed by atoms with Gasteiger partial charge in [0.15, 0.2) is 11.5 Å². The van der Waals surface area contributed by atoms with E-state index in [2.05, 4.69) is 4.98 Å². The van der Waals surface area contributed by atoms with Crippen LogP contribution in [0.5, 0.6) is 17.2 Å². The molecule has 0 spiro atoms. The fraction of sp³-hybridized carbons (Fsp3) is 0.130. The first-order valence-corrected chi connectivity index (χ1v) is 8.89. The van der Waals surface area contributed by atoms with E-state index in [0.717, 1.165) is 16.9 Å². The van der Waals surface area contributed by atoms with Crippen LogP contribution in [-0.4, -0.2) is 24.7 Å². The van der Waals surface area contributed by atoms with E-state index in [-0.39, 0.29) is 19.0 Å². The molecule has 0 saturated heterocycles. The number of hydrogen-bond acceptors (Lipinski definition) is 5. The van der Waals surface area contributed by atoms with E-state index in [1.54, 1.807) is 25.6 Å². The molecule has 0 saturated carbocycles. The van der Waals surface area contributed by atoms with Gasteiger partial charge >= 0.3 is 5.97 Å². The van der Waals surface area contributed by atoms with Gasteiger partial charge in [-0.25, -0.2) is 0 Å².